The van der Waals surface area contributed by atoms with Gasteiger partial charge in [-0.3, -0.25) is 9.10 Å². The average Bonchev–Trinajstić information content (AvgIpc) is 3.16. The number of fused-ring (bicyclic) bond motifs is 1. The van der Waals surface area contributed by atoms with Gasteiger partial charge >= 0.3 is 0 Å². The number of nitrogens with zero attached hydrogens (tertiary/aromatic N) is 2. The molecule has 2 heterocycles. The molecule has 170 valence electrons. The van der Waals surface area contributed by atoms with Gasteiger partial charge in [-0.1, -0.05) is 29.4 Å². The van der Waals surface area contributed by atoms with E-state index in [-0.39, 0.29) is 10.8 Å². The molecule has 9 heteroatoms. The Hall–Kier alpha value is -3.35. The van der Waals surface area contributed by atoms with Crippen LogP contribution >= 0.6 is 11.3 Å². The molecule has 0 fully saturated rings. The maximum absolute atomic E-state index is 13.5. The Kier molecular flexibility index (Phi) is 6.40. The number of anilines is 3. The highest BCUT2D eigenvalue weighted by Gasteiger charge is 2.29. The Morgan fingerprint density at radius 2 is 2.09 bits per heavy atom. The molecule has 2 N–H and O–H groups in total. The van der Waals surface area contributed by atoms with Crippen molar-refractivity contribution < 1.29 is 13.2 Å². The third-order valence-electron chi connectivity index (χ3n) is 5.31. The Bertz CT molecular complexity index is 1360. The summed E-state index contributed by atoms with van der Waals surface area (Å²) in [5, 5.41) is 6.30. The normalized spacial score (nSPS) is 13.2. The molecule has 0 atom stereocenters. The molecule has 33 heavy (non-hydrogen) atoms. The van der Waals surface area contributed by atoms with Gasteiger partial charge in [0.05, 0.1) is 27.7 Å². The third kappa shape index (κ3) is 4.72. The van der Waals surface area contributed by atoms with Crippen molar-refractivity contribution in [2.45, 2.75) is 31.6 Å². The van der Waals surface area contributed by atoms with Crippen LogP contribution in [0.1, 0.15) is 24.6 Å². The van der Waals surface area contributed by atoms with Gasteiger partial charge in [0.25, 0.3) is 10.0 Å². The van der Waals surface area contributed by atoms with Gasteiger partial charge in [-0.2, -0.15) is 0 Å². The number of carbonyl (C=O) groups excluding carboxylic acids is 1. The molecule has 0 saturated carbocycles. The number of rotatable bonds is 6. The number of carbonyl (C=O) groups is 1. The average molecular weight is 481 g/mol. The van der Waals surface area contributed by atoms with Crippen molar-refractivity contribution in [1.82, 2.24) is 4.98 Å². The van der Waals surface area contributed by atoms with E-state index in [1.54, 1.807) is 24.3 Å². The summed E-state index contributed by atoms with van der Waals surface area (Å²) in [6, 6.07) is 12.5. The van der Waals surface area contributed by atoms with E-state index in [1.807, 2.05) is 25.1 Å². The molecule has 0 unspecified atom stereocenters. The number of amides is 1. The molecule has 0 spiro atoms. The summed E-state index contributed by atoms with van der Waals surface area (Å²) >= 11 is 1.41. The van der Waals surface area contributed by atoms with Crippen LogP contribution < -0.4 is 14.9 Å². The monoisotopic (exact) mass is 480 g/mol. The minimum absolute atomic E-state index is 0.167. The van der Waals surface area contributed by atoms with Crippen molar-refractivity contribution in [2.24, 2.45) is 0 Å². The molecule has 1 amide bonds. The van der Waals surface area contributed by atoms with Gasteiger partial charge < -0.3 is 10.6 Å². The zero-order valence-corrected chi connectivity index (χ0v) is 20.0. The zero-order valence-electron chi connectivity index (χ0n) is 18.4. The first-order chi connectivity index (χ1) is 15.8. The van der Waals surface area contributed by atoms with E-state index in [2.05, 4.69) is 21.5 Å². The van der Waals surface area contributed by atoms with Gasteiger partial charge in [-0.25, -0.2) is 13.4 Å². The zero-order chi connectivity index (χ0) is 23.6. The summed E-state index contributed by atoms with van der Waals surface area (Å²) < 4.78 is 28.5. The van der Waals surface area contributed by atoms with Crippen LogP contribution in [0.4, 0.5) is 16.5 Å². The second-order valence-electron chi connectivity index (χ2n) is 7.72. The number of hydrogen-bond acceptors (Lipinski definition) is 6. The predicted octanol–water partition coefficient (Wildman–Crippen LogP) is 4.26. The molecular weight excluding hydrogens is 456 g/mol. The molecule has 4 rings (SSSR count). The molecule has 1 aliphatic heterocycles. The number of sulfonamides is 1. The van der Waals surface area contributed by atoms with Gasteiger partial charge in [-0.05, 0) is 61.2 Å². The first-order valence-electron chi connectivity index (χ1n) is 10.5. The minimum atomic E-state index is -3.73. The van der Waals surface area contributed by atoms with Gasteiger partial charge in [0.1, 0.15) is 0 Å². The highest BCUT2D eigenvalue weighted by Crippen LogP contribution is 2.38. The molecule has 2 aromatic carbocycles. The summed E-state index contributed by atoms with van der Waals surface area (Å²) in [5.41, 5.74) is 4.10. The molecular formula is C24H24N4O3S2. The molecule has 7 nitrogen and oxygen atoms in total. The van der Waals surface area contributed by atoms with Crippen LogP contribution in [0.5, 0.6) is 0 Å². The first-order valence-corrected chi connectivity index (χ1v) is 12.7. The maximum Gasteiger partial charge on any atom is 0.264 e. The number of nitrogens with one attached hydrogen (secondary N) is 2. The summed E-state index contributed by atoms with van der Waals surface area (Å²) in [6.07, 6.45) is 6.81. The van der Waals surface area contributed by atoms with E-state index in [1.165, 1.54) is 22.6 Å². The molecule has 3 aromatic rings. The number of thiazole rings is 1. The van der Waals surface area contributed by atoms with E-state index < -0.39 is 10.0 Å². The van der Waals surface area contributed by atoms with Gasteiger partial charge in [0, 0.05) is 19.2 Å². The Balaban J connectivity index is 1.67. The van der Waals surface area contributed by atoms with E-state index in [0.717, 1.165) is 34.5 Å². The Morgan fingerprint density at radius 3 is 2.85 bits per heavy atom. The highest BCUT2D eigenvalue weighted by atomic mass is 32.2. The Labute approximate surface area is 197 Å². The third-order valence-corrected chi connectivity index (χ3v) is 8.24. The smallest absolute Gasteiger partial charge is 0.264 e. The van der Waals surface area contributed by atoms with Gasteiger partial charge in [-0.15, -0.1) is 6.42 Å². The van der Waals surface area contributed by atoms with Crippen molar-refractivity contribution in [1.29, 1.82) is 0 Å². The van der Waals surface area contributed by atoms with E-state index in [9.17, 15) is 13.2 Å². The fourth-order valence-electron chi connectivity index (χ4n) is 3.87. The van der Waals surface area contributed by atoms with E-state index >= 15 is 0 Å². The summed E-state index contributed by atoms with van der Waals surface area (Å²) in [7, 11) is -3.73. The molecule has 0 saturated heterocycles. The maximum atomic E-state index is 13.5. The fourth-order valence-corrected chi connectivity index (χ4v) is 6.46. The van der Waals surface area contributed by atoms with Crippen molar-refractivity contribution in [3.63, 3.8) is 0 Å². The van der Waals surface area contributed by atoms with Crippen LogP contribution in [0.2, 0.25) is 0 Å². The summed E-state index contributed by atoms with van der Waals surface area (Å²) in [5.74, 6) is 2.32. The molecule has 1 aliphatic rings. The van der Waals surface area contributed by atoms with Gasteiger partial charge in [0.2, 0.25) is 5.91 Å². The fraction of sp³-hybridized carbons (Fsp3) is 0.250. The van der Waals surface area contributed by atoms with Crippen LogP contribution in [0.15, 0.2) is 47.4 Å². The molecule has 0 aliphatic carbocycles. The number of hydrogen-bond donors (Lipinski definition) is 2. The lowest BCUT2D eigenvalue weighted by Gasteiger charge is -2.31. The number of aromatic nitrogens is 1. The van der Waals surface area contributed by atoms with Crippen LogP contribution in [0.3, 0.4) is 0 Å². The first kappa shape index (κ1) is 22.8. The number of terminal acetylenes is 1. The molecule has 0 bridgehead atoms. The van der Waals surface area contributed by atoms with Crippen LogP contribution in [-0.4, -0.2) is 32.4 Å². The highest BCUT2D eigenvalue weighted by molar-refractivity contribution is 7.92. The lowest BCUT2D eigenvalue weighted by molar-refractivity contribution is -0.114. The number of benzene rings is 2. The van der Waals surface area contributed by atoms with E-state index in [0.29, 0.717) is 29.6 Å². The van der Waals surface area contributed by atoms with Crippen LogP contribution in [0.25, 0.3) is 10.4 Å². The molecule has 0 radical (unpaired) electrons. The van der Waals surface area contributed by atoms with Crippen molar-refractivity contribution in [3.05, 3.63) is 53.7 Å². The second kappa shape index (κ2) is 9.25. The Morgan fingerprint density at radius 1 is 1.27 bits per heavy atom. The molecule has 1 aromatic heterocycles. The minimum Gasteiger partial charge on any atom is -0.374 e. The predicted molar refractivity (Wildman–Crippen MR) is 133 cm³/mol. The van der Waals surface area contributed by atoms with Crippen molar-refractivity contribution >= 4 is 43.8 Å². The van der Waals surface area contributed by atoms with Crippen molar-refractivity contribution in [3.8, 4) is 22.8 Å². The SMILES string of the molecule is C#CCNc1cccc(S(=O)(=O)N2CCCc3cc(-c4sc(NC(C)=O)nc4C)ccc32)c1. The summed E-state index contributed by atoms with van der Waals surface area (Å²) in [6.45, 7) is 4.09. The summed E-state index contributed by atoms with van der Waals surface area (Å²) in [4.78, 5) is 17.0. The topological polar surface area (TPSA) is 91.4 Å². The van der Waals surface area contributed by atoms with Crippen LogP contribution in [0, 0.1) is 19.3 Å². The standard InChI is InChI=1S/C24H24N4O3S2/c1-4-12-25-20-8-5-9-21(15-20)33(30,31)28-13-6-7-18-14-19(10-11-22(18)28)23-16(2)26-24(32-23)27-17(3)29/h1,5,8-11,14-15,25H,6-7,12-13H2,2-3H3,(H,26,27,29). The van der Waals surface area contributed by atoms with Gasteiger partial charge in [0.15, 0.2) is 5.13 Å². The van der Waals surface area contributed by atoms with E-state index in [4.69, 9.17) is 6.42 Å². The van der Waals surface area contributed by atoms with Crippen molar-refractivity contribution in [2.75, 3.05) is 28.0 Å². The van der Waals surface area contributed by atoms with Crippen LogP contribution in [-0.2, 0) is 21.2 Å². The quantitative estimate of drug-likeness (QED) is 0.515. The number of aryl methyl sites for hydroxylation is 2. The largest absolute Gasteiger partial charge is 0.374 e. The second-order valence-corrected chi connectivity index (χ2v) is 10.6. The lowest BCUT2D eigenvalue weighted by atomic mass is 10.00. The lowest BCUT2D eigenvalue weighted by Crippen LogP contribution is -2.35.